The topological polar surface area (TPSA) is 100 Å². The zero-order valence-electron chi connectivity index (χ0n) is 15.5. The highest BCUT2D eigenvalue weighted by atomic mass is 16.5. The Morgan fingerprint density at radius 3 is 2.75 bits per heavy atom. The SMILES string of the molecule is COc1cncc(C(NC(=O)c2cc(-c3ccccc3)n[nH]2)C2CC(O)C2)c1. The summed E-state index contributed by atoms with van der Waals surface area (Å²) in [4.78, 5) is 17.1. The summed E-state index contributed by atoms with van der Waals surface area (Å²) >= 11 is 0. The lowest BCUT2D eigenvalue weighted by Crippen LogP contribution is -2.41. The van der Waals surface area contributed by atoms with Crippen LogP contribution >= 0.6 is 0 Å². The van der Waals surface area contributed by atoms with Crippen molar-refractivity contribution in [1.29, 1.82) is 0 Å². The lowest BCUT2D eigenvalue weighted by molar-refractivity contribution is 0.0234. The number of hydrogen-bond acceptors (Lipinski definition) is 5. The number of amides is 1. The van der Waals surface area contributed by atoms with Gasteiger partial charge in [-0.3, -0.25) is 14.9 Å². The summed E-state index contributed by atoms with van der Waals surface area (Å²) in [6.45, 7) is 0. The van der Waals surface area contributed by atoms with Crippen LogP contribution in [0.3, 0.4) is 0 Å². The molecule has 2 aromatic heterocycles. The molecule has 28 heavy (non-hydrogen) atoms. The van der Waals surface area contributed by atoms with Crippen molar-refractivity contribution >= 4 is 5.91 Å². The Kier molecular flexibility index (Phi) is 5.08. The van der Waals surface area contributed by atoms with Gasteiger partial charge in [-0.15, -0.1) is 0 Å². The number of nitrogens with one attached hydrogen (secondary N) is 2. The summed E-state index contributed by atoms with van der Waals surface area (Å²) in [5, 5.41) is 19.9. The zero-order valence-corrected chi connectivity index (χ0v) is 15.5. The number of aromatic amines is 1. The van der Waals surface area contributed by atoms with Crippen molar-refractivity contribution < 1.29 is 14.6 Å². The van der Waals surface area contributed by atoms with Crippen LogP contribution in [0.25, 0.3) is 11.3 Å². The average molecular weight is 378 g/mol. The van der Waals surface area contributed by atoms with Crippen LogP contribution in [-0.4, -0.2) is 39.4 Å². The number of carbonyl (C=O) groups is 1. The molecule has 7 nitrogen and oxygen atoms in total. The fourth-order valence-corrected chi connectivity index (χ4v) is 3.51. The first-order valence-electron chi connectivity index (χ1n) is 9.22. The quantitative estimate of drug-likeness (QED) is 0.612. The first kappa shape index (κ1) is 18.2. The van der Waals surface area contributed by atoms with E-state index in [-0.39, 0.29) is 24.0 Å². The number of nitrogens with zero attached hydrogens (tertiary/aromatic N) is 2. The molecule has 1 saturated carbocycles. The van der Waals surface area contributed by atoms with Crippen LogP contribution in [0.4, 0.5) is 0 Å². The Morgan fingerprint density at radius 2 is 2.04 bits per heavy atom. The number of aliphatic hydroxyl groups is 1. The van der Waals surface area contributed by atoms with Crippen molar-refractivity contribution in [3.63, 3.8) is 0 Å². The third kappa shape index (κ3) is 3.75. The summed E-state index contributed by atoms with van der Waals surface area (Å²) in [6, 6.07) is 13.0. The minimum Gasteiger partial charge on any atom is -0.495 e. The van der Waals surface area contributed by atoms with Gasteiger partial charge in [-0.05, 0) is 36.5 Å². The predicted octanol–water partition coefficient (Wildman–Crippen LogP) is 2.72. The van der Waals surface area contributed by atoms with E-state index in [1.165, 1.54) is 0 Å². The van der Waals surface area contributed by atoms with Gasteiger partial charge in [0, 0.05) is 11.8 Å². The second kappa shape index (κ2) is 7.82. The molecule has 1 amide bonds. The molecule has 2 heterocycles. The second-order valence-corrected chi connectivity index (χ2v) is 7.03. The molecule has 144 valence electrons. The van der Waals surface area contributed by atoms with Crippen molar-refractivity contribution in [3.8, 4) is 17.0 Å². The van der Waals surface area contributed by atoms with Gasteiger partial charge < -0.3 is 15.2 Å². The molecule has 0 radical (unpaired) electrons. The van der Waals surface area contributed by atoms with Gasteiger partial charge in [0.25, 0.3) is 5.91 Å². The van der Waals surface area contributed by atoms with Gasteiger partial charge in [0.05, 0.1) is 31.1 Å². The Balaban J connectivity index is 1.55. The van der Waals surface area contributed by atoms with E-state index in [4.69, 9.17) is 4.74 Å². The van der Waals surface area contributed by atoms with Crippen molar-refractivity contribution in [3.05, 3.63) is 66.1 Å². The van der Waals surface area contributed by atoms with Crippen LogP contribution in [-0.2, 0) is 0 Å². The average Bonchev–Trinajstić information content (AvgIpc) is 3.21. The minimum atomic E-state index is -0.320. The van der Waals surface area contributed by atoms with Crippen LogP contribution in [0, 0.1) is 5.92 Å². The molecule has 1 aromatic carbocycles. The van der Waals surface area contributed by atoms with Crippen molar-refractivity contribution in [2.45, 2.75) is 25.0 Å². The number of aliphatic hydroxyl groups excluding tert-OH is 1. The molecule has 0 aliphatic heterocycles. The van der Waals surface area contributed by atoms with Gasteiger partial charge in [0.1, 0.15) is 11.4 Å². The summed E-state index contributed by atoms with van der Waals surface area (Å²) in [7, 11) is 1.58. The van der Waals surface area contributed by atoms with E-state index in [9.17, 15) is 9.90 Å². The van der Waals surface area contributed by atoms with Crippen LogP contribution < -0.4 is 10.1 Å². The Morgan fingerprint density at radius 1 is 1.25 bits per heavy atom. The second-order valence-electron chi connectivity index (χ2n) is 7.03. The lowest BCUT2D eigenvalue weighted by atomic mass is 9.75. The van der Waals surface area contributed by atoms with E-state index < -0.39 is 0 Å². The molecule has 1 aliphatic carbocycles. The monoisotopic (exact) mass is 378 g/mol. The molecular weight excluding hydrogens is 356 g/mol. The highest BCUT2D eigenvalue weighted by Gasteiger charge is 2.36. The first-order chi connectivity index (χ1) is 13.6. The van der Waals surface area contributed by atoms with Gasteiger partial charge in [0.15, 0.2) is 0 Å². The highest BCUT2D eigenvalue weighted by Crippen LogP contribution is 2.38. The van der Waals surface area contributed by atoms with Crippen LogP contribution in [0.15, 0.2) is 54.9 Å². The molecule has 3 N–H and O–H groups in total. The van der Waals surface area contributed by atoms with E-state index in [1.54, 1.807) is 25.6 Å². The molecule has 1 aliphatic rings. The van der Waals surface area contributed by atoms with E-state index >= 15 is 0 Å². The van der Waals surface area contributed by atoms with Gasteiger partial charge >= 0.3 is 0 Å². The van der Waals surface area contributed by atoms with Gasteiger partial charge in [-0.2, -0.15) is 5.10 Å². The molecule has 1 unspecified atom stereocenters. The zero-order chi connectivity index (χ0) is 19.5. The summed E-state index contributed by atoms with van der Waals surface area (Å²) in [6.07, 6.45) is 4.31. The van der Waals surface area contributed by atoms with Gasteiger partial charge in [0.2, 0.25) is 0 Å². The summed E-state index contributed by atoms with van der Waals surface area (Å²) in [5.41, 5.74) is 2.89. The van der Waals surface area contributed by atoms with Crippen LogP contribution in [0.1, 0.15) is 34.9 Å². The Labute approximate surface area is 162 Å². The lowest BCUT2D eigenvalue weighted by Gasteiger charge is -2.38. The third-order valence-electron chi connectivity index (χ3n) is 5.13. The number of hydrogen-bond donors (Lipinski definition) is 3. The number of benzene rings is 1. The Bertz CT molecular complexity index is 951. The van der Waals surface area contributed by atoms with Crippen LogP contribution in [0.2, 0.25) is 0 Å². The van der Waals surface area contributed by atoms with Crippen molar-refractivity contribution in [2.75, 3.05) is 7.11 Å². The molecule has 0 bridgehead atoms. The van der Waals surface area contributed by atoms with E-state index in [2.05, 4.69) is 20.5 Å². The number of carbonyl (C=O) groups excluding carboxylic acids is 1. The highest BCUT2D eigenvalue weighted by molar-refractivity contribution is 5.93. The maximum Gasteiger partial charge on any atom is 0.269 e. The van der Waals surface area contributed by atoms with Crippen molar-refractivity contribution in [2.24, 2.45) is 5.92 Å². The number of pyridine rings is 1. The predicted molar refractivity (Wildman–Crippen MR) is 104 cm³/mol. The summed E-state index contributed by atoms with van der Waals surface area (Å²) < 4.78 is 5.26. The fourth-order valence-electron chi connectivity index (χ4n) is 3.51. The fraction of sp³-hybridized carbons (Fsp3) is 0.286. The molecular formula is C21H22N4O3. The number of methoxy groups -OCH3 is 1. The Hall–Kier alpha value is -3.19. The first-order valence-corrected chi connectivity index (χ1v) is 9.22. The van der Waals surface area contributed by atoms with Crippen LogP contribution in [0.5, 0.6) is 5.75 Å². The maximum atomic E-state index is 12.9. The van der Waals surface area contributed by atoms with E-state index in [0.717, 1.165) is 11.1 Å². The maximum absolute atomic E-state index is 12.9. The molecule has 3 aromatic rings. The standard InChI is InChI=1S/C21H22N4O3/c1-28-17-9-15(11-22-12-17)20(14-7-16(26)8-14)23-21(27)19-10-18(24-25-19)13-5-3-2-4-6-13/h2-6,9-12,14,16,20,26H,7-8H2,1H3,(H,23,27)(H,24,25). The largest absolute Gasteiger partial charge is 0.495 e. The number of H-pyrrole nitrogens is 1. The molecule has 0 saturated heterocycles. The molecule has 4 rings (SSSR count). The molecule has 1 fully saturated rings. The van der Waals surface area contributed by atoms with Gasteiger partial charge in [-0.25, -0.2) is 0 Å². The van der Waals surface area contributed by atoms with E-state index in [1.807, 2.05) is 36.4 Å². The molecule has 7 heteroatoms. The number of ether oxygens (including phenoxy) is 1. The minimum absolute atomic E-state index is 0.143. The molecule has 0 spiro atoms. The van der Waals surface area contributed by atoms with E-state index in [0.29, 0.717) is 30.0 Å². The third-order valence-corrected chi connectivity index (χ3v) is 5.13. The normalized spacial score (nSPS) is 19.5. The molecule has 1 atom stereocenters. The number of aromatic nitrogens is 3. The smallest absolute Gasteiger partial charge is 0.269 e. The van der Waals surface area contributed by atoms with Crippen molar-refractivity contribution in [1.82, 2.24) is 20.5 Å². The van der Waals surface area contributed by atoms with Gasteiger partial charge in [-0.1, -0.05) is 30.3 Å². The summed E-state index contributed by atoms with van der Waals surface area (Å²) in [5.74, 6) is 0.526. The number of rotatable bonds is 6.